The number of rotatable bonds is 11. The molecule has 5 N–H and O–H groups in total. The van der Waals surface area contributed by atoms with Gasteiger partial charge >= 0.3 is 0 Å². The number of nitrogen functional groups attached to an aromatic ring is 1. The molecule has 3 aromatic rings. The van der Waals surface area contributed by atoms with Crippen LogP contribution in [0.5, 0.6) is 0 Å². The Morgan fingerprint density at radius 2 is 1.69 bits per heavy atom. The molecule has 0 saturated heterocycles. The molecule has 0 bridgehead atoms. The zero-order chi connectivity index (χ0) is 27.6. The summed E-state index contributed by atoms with van der Waals surface area (Å²) in [6.45, 7) is 2.67. The molecule has 39 heavy (non-hydrogen) atoms. The summed E-state index contributed by atoms with van der Waals surface area (Å²) in [6.07, 6.45) is 2.56. The van der Waals surface area contributed by atoms with Gasteiger partial charge in [-0.3, -0.25) is 9.59 Å². The number of hydrogen-bond acceptors (Lipinski definition) is 6. The fraction of sp³-hybridized carbons (Fsp3) is 0.290. The van der Waals surface area contributed by atoms with Crippen molar-refractivity contribution in [3.63, 3.8) is 0 Å². The minimum Gasteiger partial charge on any atom is -0.459 e. The van der Waals surface area contributed by atoms with E-state index < -0.39 is 6.29 Å². The summed E-state index contributed by atoms with van der Waals surface area (Å²) in [6, 6.07) is 24.0. The fourth-order valence-corrected chi connectivity index (χ4v) is 4.67. The van der Waals surface area contributed by atoms with E-state index >= 15 is 0 Å². The molecule has 1 aliphatic heterocycles. The maximum absolute atomic E-state index is 13.2. The van der Waals surface area contributed by atoms with Crippen molar-refractivity contribution >= 4 is 23.2 Å². The summed E-state index contributed by atoms with van der Waals surface area (Å²) in [4.78, 5) is 25.7. The van der Waals surface area contributed by atoms with Crippen molar-refractivity contribution in [1.82, 2.24) is 5.32 Å². The van der Waals surface area contributed by atoms with Crippen LogP contribution in [0.2, 0.25) is 0 Å². The number of aliphatic hydroxyl groups is 1. The lowest BCUT2D eigenvalue weighted by molar-refractivity contribution is -0.166. The van der Waals surface area contributed by atoms with Crippen LogP contribution >= 0.6 is 0 Å². The van der Waals surface area contributed by atoms with Gasteiger partial charge in [-0.25, -0.2) is 0 Å². The minimum absolute atomic E-state index is 0.0408. The number of benzene rings is 3. The number of aliphatic hydroxyl groups excluding tert-OH is 1. The Kier molecular flexibility index (Phi) is 9.72. The zero-order valence-corrected chi connectivity index (χ0v) is 22.0. The standard InChI is InChI=1S/C31H35N3O5/c1-2-38-31-24(11-8-18-35)25(22-9-4-3-5-10-22)19-28(39-31)30(37)33-20-21-14-16-23(17-15-21)29(36)34-27-13-7-6-12-26(27)32/h3-7,9-10,12-17,19,24-25,31,35H,2,8,11,18,20,32H2,1H3,(H,33,37)(H,34,36)/t24-,25-,31-/m1/s1. The number of anilines is 2. The molecule has 1 heterocycles. The number of allylic oxidation sites excluding steroid dienone is 1. The lowest BCUT2D eigenvalue weighted by Gasteiger charge is -2.37. The molecule has 0 aromatic heterocycles. The Balaban J connectivity index is 1.43. The molecule has 8 heteroatoms. The van der Waals surface area contributed by atoms with Crippen LogP contribution in [0.15, 0.2) is 90.7 Å². The van der Waals surface area contributed by atoms with Crippen LogP contribution in [0.25, 0.3) is 0 Å². The average molecular weight is 530 g/mol. The molecule has 0 aliphatic carbocycles. The largest absolute Gasteiger partial charge is 0.459 e. The SMILES string of the molecule is CCO[C@@H]1OC(C(=O)NCc2ccc(C(=O)Nc3ccccc3N)cc2)=C[C@H](c2ccccc2)[C@H]1CCCO. The Morgan fingerprint density at radius 3 is 2.38 bits per heavy atom. The van der Waals surface area contributed by atoms with Crippen molar-refractivity contribution in [2.24, 2.45) is 5.92 Å². The molecule has 204 valence electrons. The first-order chi connectivity index (χ1) is 19.0. The van der Waals surface area contributed by atoms with Crippen LogP contribution in [0, 0.1) is 5.92 Å². The molecule has 0 spiro atoms. The van der Waals surface area contributed by atoms with Crippen molar-refractivity contribution in [1.29, 1.82) is 0 Å². The number of ether oxygens (including phenoxy) is 2. The van der Waals surface area contributed by atoms with Crippen LogP contribution in [0.3, 0.4) is 0 Å². The first-order valence-electron chi connectivity index (χ1n) is 13.2. The van der Waals surface area contributed by atoms with E-state index in [1.165, 1.54) is 0 Å². The third-order valence-electron chi connectivity index (χ3n) is 6.70. The number of carbonyl (C=O) groups excluding carboxylic acids is 2. The van der Waals surface area contributed by atoms with E-state index in [2.05, 4.69) is 10.6 Å². The average Bonchev–Trinajstić information content (AvgIpc) is 2.97. The van der Waals surface area contributed by atoms with Gasteiger partial charge in [0.2, 0.25) is 6.29 Å². The molecule has 0 unspecified atom stereocenters. The number of amides is 2. The highest BCUT2D eigenvalue weighted by Crippen LogP contribution is 2.39. The quantitative estimate of drug-likeness (QED) is 0.270. The first kappa shape index (κ1) is 27.9. The van der Waals surface area contributed by atoms with Crippen LogP contribution in [-0.4, -0.2) is 36.4 Å². The Hall–Kier alpha value is -4.14. The molecule has 3 aromatic carbocycles. The summed E-state index contributed by atoms with van der Waals surface area (Å²) < 4.78 is 11.9. The number of nitrogens with two attached hydrogens (primary N) is 1. The van der Waals surface area contributed by atoms with Crippen molar-refractivity contribution in [3.05, 3.63) is 107 Å². The summed E-state index contributed by atoms with van der Waals surface area (Å²) in [7, 11) is 0. The Bertz CT molecular complexity index is 1280. The number of para-hydroxylation sites is 2. The predicted octanol–water partition coefficient (Wildman–Crippen LogP) is 4.59. The maximum atomic E-state index is 13.2. The van der Waals surface area contributed by atoms with Gasteiger partial charge < -0.3 is 30.9 Å². The highest BCUT2D eigenvalue weighted by Gasteiger charge is 2.37. The maximum Gasteiger partial charge on any atom is 0.286 e. The molecule has 8 nitrogen and oxygen atoms in total. The van der Waals surface area contributed by atoms with Crippen molar-refractivity contribution in [3.8, 4) is 0 Å². The van der Waals surface area contributed by atoms with Crippen molar-refractivity contribution < 1.29 is 24.2 Å². The lowest BCUT2D eigenvalue weighted by Crippen LogP contribution is -2.39. The van der Waals surface area contributed by atoms with E-state index in [0.717, 1.165) is 11.1 Å². The number of nitrogens with one attached hydrogen (secondary N) is 2. The van der Waals surface area contributed by atoms with E-state index in [0.29, 0.717) is 36.4 Å². The highest BCUT2D eigenvalue weighted by atomic mass is 16.7. The molecule has 4 rings (SSSR count). The van der Waals surface area contributed by atoms with E-state index in [4.69, 9.17) is 15.2 Å². The summed E-state index contributed by atoms with van der Waals surface area (Å²) in [5.74, 6) is -0.545. The molecular weight excluding hydrogens is 494 g/mol. The van der Waals surface area contributed by atoms with Crippen molar-refractivity contribution in [2.75, 3.05) is 24.3 Å². The summed E-state index contributed by atoms with van der Waals surface area (Å²) >= 11 is 0. The predicted molar refractivity (Wildman–Crippen MR) is 151 cm³/mol. The second-order valence-corrected chi connectivity index (χ2v) is 9.36. The van der Waals surface area contributed by atoms with Crippen LogP contribution in [0.4, 0.5) is 11.4 Å². The summed E-state index contributed by atoms with van der Waals surface area (Å²) in [5.41, 5.74) is 9.32. The van der Waals surface area contributed by atoms with Gasteiger partial charge in [0.1, 0.15) is 0 Å². The van der Waals surface area contributed by atoms with Gasteiger partial charge in [0.25, 0.3) is 11.8 Å². The Labute approximate surface area is 228 Å². The normalized spacial score (nSPS) is 18.5. The van der Waals surface area contributed by atoms with Crippen LogP contribution < -0.4 is 16.4 Å². The van der Waals surface area contributed by atoms with E-state index in [9.17, 15) is 14.7 Å². The number of carbonyl (C=O) groups is 2. The summed E-state index contributed by atoms with van der Waals surface area (Å²) in [5, 5.41) is 15.1. The van der Waals surface area contributed by atoms with Gasteiger partial charge in [-0.15, -0.1) is 0 Å². The third-order valence-corrected chi connectivity index (χ3v) is 6.70. The van der Waals surface area contributed by atoms with Gasteiger partial charge in [0.15, 0.2) is 5.76 Å². The second kappa shape index (κ2) is 13.6. The van der Waals surface area contributed by atoms with Gasteiger partial charge in [0.05, 0.1) is 11.4 Å². The van der Waals surface area contributed by atoms with E-state index in [1.54, 1.807) is 48.5 Å². The van der Waals surface area contributed by atoms with Crippen LogP contribution in [-0.2, 0) is 20.8 Å². The highest BCUT2D eigenvalue weighted by molar-refractivity contribution is 6.05. The molecule has 2 amide bonds. The third kappa shape index (κ3) is 7.25. The molecule has 1 aliphatic rings. The van der Waals surface area contributed by atoms with Gasteiger partial charge in [-0.05, 0) is 61.2 Å². The first-order valence-corrected chi connectivity index (χ1v) is 13.2. The minimum atomic E-state index is -0.603. The van der Waals surface area contributed by atoms with E-state index in [1.807, 2.05) is 43.3 Å². The molecule has 0 radical (unpaired) electrons. The lowest BCUT2D eigenvalue weighted by atomic mass is 9.80. The molecule has 0 fully saturated rings. The van der Waals surface area contributed by atoms with Gasteiger partial charge in [0, 0.05) is 37.2 Å². The molecule has 3 atom stereocenters. The van der Waals surface area contributed by atoms with Crippen molar-refractivity contribution in [2.45, 2.75) is 38.5 Å². The van der Waals surface area contributed by atoms with Gasteiger partial charge in [-0.1, -0.05) is 54.6 Å². The Morgan fingerprint density at radius 1 is 0.974 bits per heavy atom. The topological polar surface area (TPSA) is 123 Å². The second-order valence-electron chi connectivity index (χ2n) is 9.36. The zero-order valence-electron chi connectivity index (χ0n) is 22.0. The smallest absolute Gasteiger partial charge is 0.286 e. The van der Waals surface area contributed by atoms with Crippen LogP contribution in [0.1, 0.15) is 47.2 Å². The van der Waals surface area contributed by atoms with Gasteiger partial charge in [-0.2, -0.15) is 0 Å². The molecular formula is C31H35N3O5. The van der Waals surface area contributed by atoms with E-state index in [-0.39, 0.29) is 42.6 Å². The number of hydrogen-bond donors (Lipinski definition) is 4. The molecule has 0 saturated carbocycles. The fourth-order valence-electron chi connectivity index (χ4n) is 4.67. The monoisotopic (exact) mass is 529 g/mol.